The van der Waals surface area contributed by atoms with Gasteiger partial charge in [-0.05, 0) is 53.7 Å². The Morgan fingerprint density at radius 2 is 1.60 bits per heavy atom. The van der Waals surface area contributed by atoms with Gasteiger partial charge in [-0.3, -0.25) is 0 Å². The van der Waals surface area contributed by atoms with Crippen LogP contribution in [0.15, 0.2) is 39.7 Å². The maximum absolute atomic E-state index is 5.89. The summed E-state index contributed by atoms with van der Waals surface area (Å²) in [5.41, 5.74) is 1.13. The van der Waals surface area contributed by atoms with Crippen LogP contribution in [0.1, 0.15) is 41.5 Å². The zero-order chi connectivity index (χ0) is 15.0. The molecule has 0 saturated heterocycles. The van der Waals surface area contributed by atoms with Crippen LogP contribution in [0.4, 0.5) is 0 Å². The molecule has 4 nitrogen and oxygen atoms in total. The largest absolute Gasteiger partial charge is 0.403 e. The fourth-order valence-electron chi connectivity index (χ4n) is 1.78. The monoisotopic (exact) mass is 273 g/mol. The van der Waals surface area contributed by atoms with E-state index in [1.165, 1.54) is 0 Å². The van der Waals surface area contributed by atoms with E-state index < -0.39 is 0 Å². The van der Waals surface area contributed by atoms with E-state index in [0.717, 1.165) is 5.56 Å². The predicted octanol–water partition coefficient (Wildman–Crippen LogP) is 3.60. The van der Waals surface area contributed by atoms with Crippen LogP contribution in [-0.4, -0.2) is 15.3 Å². The topological polar surface area (TPSA) is 43.3 Å². The van der Waals surface area contributed by atoms with Gasteiger partial charge in [-0.1, -0.05) is 18.2 Å². The molecule has 20 heavy (non-hydrogen) atoms. The molecule has 0 radical (unpaired) electrons. The first-order valence-corrected chi connectivity index (χ1v) is 6.89. The van der Waals surface area contributed by atoms with Gasteiger partial charge in [0.2, 0.25) is 5.89 Å². The standard InChI is InChI=1S/C16H23N3O/c1-15(2,3)17-14-19(16(4,5)6)18-13(20-14)12-10-8-7-9-11-12/h7-11H,1-6H3/b17-14-. The molecule has 0 N–H and O–H groups in total. The van der Waals surface area contributed by atoms with Gasteiger partial charge in [-0.2, -0.15) is 0 Å². The zero-order valence-corrected chi connectivity index (χ0v) is 13.1. The molecule has 0 bridgehead atoms. The Morgan fingerprint density at radius 3 is 2.10 bits per heavy atom. The van der Waals surface area contributed by atoms with Crippen LogP contribution in [-0.2, 0) is 5.54 Å². The maximum Gasteiger partial charge on any atom is 0.316 e. The van der Waals surface area contributed by atoms with E-state index in [1.54, 1.807) is 0 Å². The number of benzene rings is 1. The number of nitrogens with zero attached hydrogens (tertiary/aromatic N) is 3. The SMILES string of the molecule is CC(C)(C)/N=c1\oc(-c2ccccc2)nn1C(C)(C)C. The van der Waals surface area contributed by atoms with Gasteiger partial charge in [0.05, 0.1) is 11.1 Å². The summed E-state index contributed by atoms with van der Waals surface area (Å²) in [6.45, 7) is 12.4. The van der Waals surface area contributed by atoms with Gasteiger partial charge in [0.1, 0.15) is 0 Å². The Kier molecular flexibility index (Phi) is 3.59. The van der Waals surface area contributed by atoms with Crippen molar-refractivity contribution in [3.63, 3.8) is 0 Å². The van der Waals surface area contributed by atoms with Gasteiger partial charge in [-0.15, -0.1) is 5.10 Å². The van der Waals surface area contributed by atoms with E-state index >= 15 is 0 Å². The molecule has 2 aromatic rings. The van der Waals surface area contributed by atoms with E-state index in [4.69, 9.17) is 4.42 Å². The summed E-state index contributed by atoms with van der Waals surface area (Å²) < 4.78 is 7.74. The lowest BCUT2D eigenvalue weighted by atomic mass is 10.1. The Balaban J connectivity index is 2.63. The lowest BCUT2D eigenvalue weighted by Gasteiger charge is -2.18. The minimum absolute atomic E-state index is 0.180. The van der Waals surface area contributed by atoms with Crippen molar-refractivity contribution in [1.82, 2.24) is 9.78 Å². The van der Waals surface area contributed by atoms with Crippen LogP contribution in [0, 0.1) is 0 Å². The lowest BCUT2D eigenvalue weighted by Crippen LogP contribution is -2.34. The molecule has 0 spiro atoms. The van der Waals surface area contributed by atoms with Gasteiger partial charge >= 0.3 is 5.68 Å². The van der Waals surface area contributed by atoms with E-state index in [2.05, 4.69) is 30.9 Å². The minimum atomic E-state index is -0.208. The van der Waals surface area contributed by atoms with Gasteiger partial charge < -0.3 is 4.42 Å². The third-order valence-electron chi connectivity index (χ3n) is 2.65. The van der Waals surface area contributed by atoms with Gasteiger partial charge in [-0.25, -0.2) is 9.67 Å². The average molecular weight is 273 g/mol. The molecule has 0 aliphatic heterocycles. The second-order valence-corrected chi connectivity index (χ2v) is 6.92. The molecule has 0 aliphatic carbocycles. The van der Waals surface area contributed by atoms with Crippen LogP contribution >= 0.6 is 0 Å². The smallest absolute Gasteiger partial charge is 0.316 e. The molecular weight excluding hydrogens is 250 g/mol. The predicted molar refractivity (Wildman–Crippen MR) is 80.2 cm³/mol. The van der Waals surface area contributed by atoms with Crippen LogP contribution in [0.25, 0.3) is 11.5 Å². The van der Waals surface area contributed by atoms with Crippen LogP contribution in [0.2, 0.25) is 0 Å². The highest BCUT2D eigenvalue weighted by molar-refractivity contribution is 5.51. The molecule has 0 saturated carbocycles. The Bertz CT molecular complexity index is 637. The first-order valence-electron chi connectivity index (χ1n) is 6.89. The van der Waals surface area contributed by atoms with Crippen molar-refractivity contribution in [3.05, 3.63) is 36.0 Å². The Labute approximate surface area is 120 Å². The van der Waals surface area contributed by atoms with E-state index in [1.807, 2.05) is 55.8 Å². The van der Waals surface area contributed by atoms with Crippen molar-refractivity contribution in [1.29, 1.82) is 0 Å². The van der Waals surface area contributed by atoms with Crippen LogP contribution in [0.5, 0.6) is 0 Å². The summed E-state index contributed by atoms with van der Waals surface area (Å²) in [4.78, 5) is 4.64. The number of aromatic nitrogens is 2. The van der Waals surface area contributed by atoms with E-state index in [0.29, 0.717) is 11.6 Å². The van der Waals surface area contributed by atoms with Crippen molar-refractivity contribution in [2.75, 3.05) is 0 Å². The molecule has 0 unspecified atom stereocenters. The van der Waals surface area contributed by atoms with Crippen LogP contribution in [0.3, 0.4) is 0 Å². The number of hydrogen-bond acceptors (Lipinski definition) is 3. The highest BCUT2D eigenvalue weighted by atomic mass is 16.4. The fraction of sp³-hybridized carbons (Fsp3) is 0.500. The molecule has 2 rings (SSSR count). The van der Waals surface area contributed by atoms with Crippen LogP contribution < -0.4 is 5.68 Å². The first kappa shape index (κ1) is 14.6. The number of rotatable bonds is 1. The van der Waals surface area contributed by atoms with Crippen molar-refractivity contribution >= 4 is 0 Å². The molecular formula is C16H23N3O. The summed E-state index contributed by atoms with van der Waals surface area (Å²) in [6.07, 6.45) is 0. The van der Waals surface area contributed by atoms with Gasteiger partial charge in [0, 0.05) is 5.56 Å². The second kappa shape index (κ2) is 4.93. The van der Waals surface area contributed by atoms with Gasteiger partial charge in [0.25, 0.3) is 0 Å². The maximum atomic E-state index is 5.89. The van der Waals surface area contributed by atoms with Crippen molar-refractivity contribution in [2.45, 2.75) is 52.6 Å². The summed E-state index contributed by atoms with van der Waals surface area (Å²) in [5.74, 6) is 0.600. The summed E-state index contributed by atoms with van der Waals surface area (Å²) in [5, 5.41) is 4.59. The Hall–Kier alpha value is -1.84. The fourth-order valence-corrected chi connectivity index (χ4v) is 1.78. The molecule has 0 fully saturated rings. The normalized spacial score (nSPS) is 13.8. The van der Waals surface area contributed by atoms with Crippen molar-refractivity contribution in [2.24, 2.45) is 4.99 Å². The molecule has 0 amide bonds. The number of hydrogen-bond donors (Lipinski definition) is 0. The van der Waals surface area contributed by atoms with Crippen molar-refractivity contribution in [3.8, 4) is 11.5 Å². The minimum Gasteiger partial charge on any atom is -0.403 e. The highest BCUT2D eigenvalue weighted by Gasteiger charge is 2.21. The molecule has 1 aromatic heterocycles. The molecule has 0 atom stereocenters. The van der Waals surface area contributed by atoms with Crippen molar-refractivity contribution < 1.29 is 4.42 Å². The van der Waals surface area contributed by atoms with E-state index in [9.17, 15) is 0 Å². The quantitative estimate of drug-likeness (QED) is 0.796. The van der Waals surface area contributed by atoms with E-state index in [-0.39, 0.29) is 11.1 Å². The summed E-state index contributed by atoms with van der Waals surface area (Å²) >= 11 is 0. The molecule has 1 aromatic carbocycles. The second-order valence-electron chi connectivity index (χ2n) is 6.92. The zero-order valence-electron chi connectivity index (χ0n) is 13.1. The molecule has 1 heterocycles. The average Bonchev–Trinajstić information content (AvgIpc) is 2.71. The lowest BCUT2D eigenvalue weighted by molar-refractivity contribution is 0.308. The van der Waals surface area contributed by atoms with Gasteiger partial charge in [0.15, 0.2) is 0 Å². The summed E-state index contributed by atoms with van der Waals surface area (Å²) in [6, 6.07) is 9.90. The summed E-state index contributed by atoms with van der Waals surface area (Å²) in [7, 11) is 0. The molecule has 108 valence electrons. The third kappa shape index (κ3) is 3.38. The third-order valence-corrected chi connectivity index (χ3v) is 2.65. The highest BCUT2D eigenvalue weighted by Crippen LogP contribution is 2.18. The molecule has 0 aliphatic rings. The Morgan fingerprint density at radius 1 is 1.00 bits per heavy atom. The molecule has 4 heteroatoms. The first-order chi connectivity index (χ1) is 9.17.